The highest BCUT2D eigenvalue weighted by Gasteiger charge is 2.16. The second-order valence-electron chi connectivity index (χ2n) is 4.05. The van der Waals surface area contributed by atoms with Crippen molar-refractivity contribution in [2.75, 3.05) is 20.8 Å². The molecular weight excluding hydrogens is 278 g/mol. The monoisotopic (exact) mass is 293 g/mol. The van der Waals surface area contributed by atoms with Gasteiger partial charge in [0.25, 0.3) is 5.91 Å². The van der Waals surface area contributed by atoms with E-state index < -0.39 is 0 Å². The van der Waals surface area contributed by atoms with Gasteiger partial charge in [0.15, 0.2) is 0 Å². The highest BCUT2D eigenvalue weighted by Crippen LogP contribution is 2.22. The van der Waals surface area contributed by atoms with E-state index in [0.717, 1.165) is 10.6 Å². The summed E-state index contributed by atoms with van der Waals surface area (Å²) in [4.78, 5) is 25.2. The largest absolute Gasteiger partial charge is 0.396 e. The highest BCUT2D eigenvalue weighted by atomic mass is 32.1. The number of rotatable bonds is 5. The molecule has 0 unspecified atom stereocenters. The van der Waals surface area contributed by atoms with Gasteiger partial charge in [-0.2, -0.15) is 0 Å². The topological polar surface area (TPSA) is 75.5 Å². The Bertz CT molecular complexity index is 583. The third-order valence-corrected chi connectivity index (χ3v) is 3.59. The van der Waals surface area contributed by atoms with Crippen LogP contribution in [0.2, 0.25) is 0 Å². The number of pyridine rings is 1. The number of thiazole rings is 1. The lowest BCUT2D eigenvalue weighted by Crippen LogP contribution is -2.25. The van der Waals surface area contributed by atoms with Crippen molar-refractivity contribution in [1.82, 2.24) is 15.0 Å². The molecule has 1 N–H and O–H groups in total. The van der Waals surface area contributed by atoms with Gasteiger partial charge in [-0.25, -0.2) is 10.0 Å². The lowest BCUT2D eigenvalue weighted by molar-refractivity contribution is -0.0760. The minimum absolute atomic E-state index is 0.0975. The Morgan fingerprint density at radius 2 is 2.30 bits per heavy atom. The number of amides is 1. The zero-order valence-corrected chi connectivity index (χ0v) is 12.1. The van der Waals surface area contributed by atoms with Crippen LogP contribution in [0.3, 0.4) is 0 Å². The van der Waals surface area contributed by atoms with Gasteiger partial charge in [0, 0.05) is 25.2 Å². The molecule has 0 aliphatic heterocycles. The molecule has 2 aromatic heterocycles. The molecule has 0 bridgehead atoms. The van der Waals surface area contributed by atoms with Gasteiger partial charge in [-0.1, -0.05) is 6.07 Å². The normalized spacial score (nSPS) is 10.6. The van der Waals surface area contributed by atoms with E-state index in [4.69, 9.17) is 9.94 Å². The van der Waals surface area contributed by atoms with Crippen molar-refractivity contribution in [3.05, 3.63) is 35.0 Å². The van der Waals surface area contributed by atoms with Crippen LogP contribution in [0.4, 0.5) is 0 Å². The Labute approximate surface area is 120 Å². The van der Waals surface area contributed by atoms with Gasteiger partial charge in [-0.05, 0) is 18.1 Å². The lowest BCUT2D eigenvalue weighted by Gasteiger charge is -2.11. The molecule has 0 fully saturated rings. The first-order valence-corrected chi connectivity index (χ1v) is 6.87. The van der Waals surface area contributed by atoms with E-state index in [1.54, 1.807) is 11.6 Å². The molecule has 0 aliphatic rings. The van der Waals surface area contributed by atoms with E-state index in [2.05, 4.69) is 9.97 Å². The molecule has 106 valence electrons. The van der Waals surface area contributed by atoms with Crippen molar-refractivity contribution < 1.29 is 14.7 Å². The second-order valence-corrected chi connectivity index (χ2v) is 4.91. The predicted octanol–water partition coefficient (Wildman–Crippen LogP) is 1.37. The van der Waals surface area contributed by atoms with Gasteiger partial charge in [0.2, 0.25) is 0 Å². The maximum atomic E-state index is 11.9. The van der Waals surface area contributed by atoms with Crippen molar-refractivity contribution in [1.29, 1.82) is 0 Å². The summed E-state index contributed by atoms with van der Waals surface area (Å²) in [6.45, 7) is 0.0975. The maximum absolute atomic E-state index is 11.9. The molecule has 7 heteroatoms. The number of aliphatic hydroxyl groups is 1. The van der Waals surface area contributed by atoms with E-state index in [1.807, 2.05) is 12.1 Å². The van der Waals surface area contributed by atoms with Crippen LogP contribution < -0.4 is 0 Å². The number of aliphatic hydroxyl groups excluding tert-OH is 1. The average molecular weight is 293 g/mol. The molecule has 0 spiro atoms. The third-order valence-electron chi connectivity index (χ3n) is 2.73. The molecule has 0 radical (unpaired) electrons. The zero-order valence-electron chi connectivity index (χ0n) is 11.2. The molecule has 0 aromatic carbocycles. The second kappa shape index (κ2) is 6.56. The van der Waals surface area contributed by atoms with Crippen LogP contribution in [0, 0.1) is 0 Å². The van der Waals surface area contributed by atoms with Crippen molar-refractivity contribution in [2.45, 2.75) is 6.42 Å². The van der Waals surface area contributed by atoms with Crippen molar-refractivity contribution >= 4 is 17.2 Å². The summed E-state index contributed by atoms with van der Waals surface area (Å²) in [5.41, 5.74) is 2.00. The number of hydrogen-bond donors (Lipinski definition) is 1. The smallest absolute Gasteiger partial charge is 0.296 e. The van der Waals surface area contributed by atoms with Gasteiger partial charge in [-0.15, -0.1) is 11.3 Å². The number of hydrogen-bond acceptors (Lipinski definition) is 6. The maximum Gasteiger partial charge on any atom is 0.296 e. The molecule has 0 saturated carbocycles. The van der Waals surface area contributed by atoms with E-state index >= 15 is 0 Å². The minimum atomic E-state index is -0.299. The SMILES string of the molecule is CON(C)C(=O)c1csc(-c2ccc(CCO)cn2)n1. The first-order valence-electron chi connectivity index (χ1n) is 5.99. The molecule has 0 aliphatic carbocycles. The minimum Gasteiger partial charge on any atom is -0.396 e. The number of aromatic nitrogens is 2. The Kier molecular flexibility index (Phi) is 4.78. The summed E-state index contributed by atoms with van der Waals surface area (Å²) in [6.07, 6.45) is 2.28. The van der Waals surface area contributed by atoms with E-state index in [-0.39, 0.29) is 12.5 Å². The van der Waals surface area contributed by atoms with Crippen molar-refractivity contribution in [2.24, 2.45) is 0 Å². The number of hydroxylamine groups is 2. The third kappa shape index (κ3) is 3.19. The summed E-state index contributed by atoms with van der Waals surface area (Å²) in [6, 6.07) is 3.72. The molecule has 1 amide bonds. The molecular formula is C13H15N3O3S. The summed E-state index contributed by atoms with van der Waals surface area (Å²) < 4.78 is 0. The Morgan fingerprint density at radius 1 is 1.50 bits per heavy atom. The molecule has 0 saturated heterocycles. The van der Waals surface area contributed by atoms with Gasteiger partial charge >= 0.3 is 0 Å². The van der Waals surface area contributed by atoms with Gasteiger partial charge < -0.3 is 5.11 Å². The molecule has 0 atom stereocenters. The first kappa shape index (κ1) is 14.6. The van der Waals surface area contributed by atoms with Gasteiger partial charge in [-0.3, -0.25) is 14.6 Å². The van der Waals surface area contributed by atoms with Gasteiger partial charge in [0.1, 0.15) is 10.7 Å². The van der Waals surface area contributed by atoms with Crippen LogP contribution >= 0.6 is 11.3 Å². The molecule has 20 heavy (non-hydrogen) atoms. The highest BCUT2D eigenvalue weighted by molar-refractivity contribution is 7.13. The van der Waals surface area contributed by atoms with Crippen LogP contribution in [-0.4, -0.2) is 46.8 Å². The first-order chi connectivity index (χ1) is 9.65. The summed E-state index contributed by atoms with van der Waals surface area (Å²) >= 11 is 1.35. The summed E-state index contributed by atoms with van der Waals surface area (Å²) in [5.74, 6) is -0.299. The Balaban J connectivity index is 2.18. The fourth-order valence-corrected chi connectivity index (χ4v) is 2.33. The molecule has 2 heterocycles. The van der Waals surface area contributed by atoms with Crippen LogP contribution in [0.1, 0.15) is 16.1 Å². The number of carbonyl (C=O) groups is 1. The van der Waals surface area contributed by atoms with Crippen molar-refractivity contribution in [3.63, 3.8) is 0 Å². The molecule has 2 rings (SSSR count). The fraction of sp³-hybridized carbons (Fsp3) is 0.308. The van der Waals surface area contributed by atoms with E-state index in [9.17, 15) is 4.79 Å². The van der Waals surface area contributed by atoms with E-state index in [1.165, 1.54) is 25.5 Å². The summed E-state index contributed by atoms with van der Waals surface area (Å²) in [7, 11) is 2.95. The summed E-state index contributed by atoms with van der Waals surface area (Å²) in [5, 5.41) is 12.3. The fourth-order valence-electron chi connectivity index (χ4n) is 1.56. The Hall–Kier alpha value is -1.83. The van der Waals surface area contributed by atoms with Crippen LogP contribution in [0.25, 0.3) is 10.7 Å². The molecule has 6 nitrogen and oxygen atoms in total. The van der Waals surface area contributed by atoms with E-state index in [0.29, 0.717) is 22.8 Å². The predicted molar refractivity (Wildman–Crippen MR) is 75.2 cm³/mol. The van der Waals surface area contributed by atoms with Crippen molar-refractivity contribution in [3.8, 4) is 10.7 Å². The lowest BCUT2D eigenvalue weighted by atomic mass is 10.2. The van der Waals surface area contributed by atoms with Gasteiger partial charge in [0.05, 0.1) is 12.8 Å². The number of carbonyl (C=O) groups excluding carboxylic acids is 1. The standard InChI is InChI=1S/C13H15N3O3S/c1-16(19-2)13(18)11-8-20-12(15-11)10-4-3-9(5-6-17)7-14-10/h3-4,7-8,17H,5-6H2,1-2H3. The molecule has 2 aromatic rings. The van der Waals surface area contributed by atoms with Crippen LogP contribution in [0.15, 0.2) is 23.7 Å². The number of nitrogens with zero attached hydrogens (tertiary/aromatic N) is 3. The quantitative estimate of drug-likeness (QED) is 0.843. The average Bonchev–Trinajstić information content (AvgIpc) is 2.96. The van der Waals surface area contributed by atoms with Crippen LogP contribution in [-0.2, 0) is 11.3 Å². The Morgan fingerprint density at radius 3 is 2.90 bits per heavy atom. The zero-order chi connectivity index (χ0) is 14.5. The van der Waals surface area contributed by atoms with Crippen LogP contribution in [0.5, 0.6) is 0 Å².